The molecule has 7 heteroatoms. The van der Waals surface area contributed by atoms with Crippen molar-refractivity contribution in [2.75, 3.05) is 10.0 Å². The van der Waals surface area contributed by atoms with E-state index in [1.807, 2.05) is 55.1 Å². The molecule has 1 amide bonds. The van der Waals surface area contributed by atoms with Crippen molar-refractivity contribution in [1.29, 1.82) is 0 Å². The first-order valence-corrected chi connectivity index (χ1v) is 13.7. The second-order valence-electron chi connectivity index (χ2n) is 8.13. The van der Waals surface area contributed by atoms with E-state index in [0.29, 0.717) is 16.9 Å². The van der Waals surface area contributed by atoms with Gasteiger partial charge in [-0.25, -0.2) is 8.42 Å². The molecule has 0 saturated carbocycles. The number of carbonyl (C=O) groups excluding carboxylic acids is 1. The van der Waals surface area contributed by atoms with Crippen molar-refractivity contribution in [3.05, 3.63) is 125 Å². The van der Waals surface area contributed by atoms with Crippen LogP contribution >= 0.6 is 11.8 Å². The Morgan fingerprint density at radius 3 is 2.06 bits per heavy atom. The lowest BCUT2D eigenvalue weighted by atomic mass is 10.1. The van der Waals surface area contributed by atoms with E-state index in [2.05, 4.69) is 22.2 Å². The highest BCUT2D eigenvalue weighted by atomic mass is 32.2. The Bertz CT molecular complexity index is 1390. The third-order valence-corrected chi connectivity index (χ3v) is 7.76. The summed E-state index contributed by atoms with van der Waals surface area (Å²) in [5.74, 6) is 1.56. The van der Waals surface area contributed by atoms with Gasteiger partial charge in [-0.3, -0.25) is 9.52 Å². The maximum absolute atomic E-state index is 12.7. The zero-order valence-electron chi connectivity index (χ0n) is 19.3. The molecule has 0 fully saturated rings. The number of hydrogen-bond acceptors (Lipinski definition) is 4. The van der Waals surface area contributed by atoms with Gasteiger partial charge in [-0.2, -0.15) is 11.8 Å². The normalized spacial score (nSPS) is 11.1. The maximum Gasteiger partial charge on any atom is 0.261 e. The second-order valence-corrected chi connectivity index (χ2v) is 10.8. The van der Waals surface area contributed by atoms with Crippen molar-refractivity contribution in [3.63, 3.8) is 0 Å². The van der Waals surface area contributed by atoms with Crippen LogP contribution in [0.1, 0.15) is 27.0 Å². The van der Waals surface area contributed by atoms with Gasteiger partial charge >= 0.3 is 0 Å². The number of benzene rings is 4. The van der Waals surface area contributed by atoms with E-state index in [0.717, 1.165) is 22.6 Å². The molecule has 4 aromatic rings. The average molecular weight is 503 g/mol. The Morgan fingerprint density at radius 2 is 1.40 bits per heavy atom. The van der Waals surface area contributed by atoms with Gasteiger partial charge in [0.25, 0.3) is 15.9 Å². The number of nitrogens with one attached hydrogen (secondary N) is 2. The first-order chi connectivity index (χ1) is 16.9. The zero-order chi connectivity index (χ0) is 24.7. The summed E-state index contributed by atoms with van der Waals surface area (Å²) in [5.41, 5.74) is 4.97. The van der Waals surface area contributed by atoms with Crippen LogP contribution in [-0.2, 0) is 21.5 Å². The molecule has 0 spiro atoms. The smallest absolute Gasteiger partial charge is 0.261 e. The first kappa shape index (κ1) is 24.6. The summed E-state index contributed by atoms with van der Waals surface area (Å²) in [7, 11) is -3.72. The van der Waals surface area contributed by atoms with Crippen molar-refractivity contribution >= 4 is 39.1 Å². The molecule has 0 radical (unpaired) electrons. The molecule has 0 aliphatic rings. The SMILES string of the molecule is Cc1cccc(NS(=O)(=O)c2ccc(NC(=O)c3ccc(CSCc4ccccc4)cc3)cc2)c1. The molecule has 35 heavy (non-hydrogen) atoms. The molecule has 4 aromatic carbocycles. The molecule has 0 aromatic heterocycles. The number of aryl methyl sites for hydroxylation is 1. The summed E-state index contributed by atoms with van der Waals surface area (Å²) >= 11 is 1.83. The van der Waals surface area contributed by atoms with Crippen molar-refractivity contribution in [3.8, 4) is 0 Å². The summed E-state index contributed by atoms with van der Waals surface area (Å²) < 4.78 is 27.9. The van der Waals surface area contributed by atoms with E-state index in [1.165, 1.54) is 17.7 Å². The Balaban J connectivity index is 1.32. The maximum atomic E-state index is 12.7. The minimum Gasteiger partial charge on any atom is -0.322 e. The molecule has 178 valence electrons. The molecule has 0 heterocycles. The third kappa shape index (κ3) is 6.97. The number of anilines is 2. The number of carbonyl (C=O) groups is 1. The number of amides is 1. The Kier molecular flexibility index (Phi) is 7.90. The molecule has 0 bridgehead atoms. The molecular weight excluding hydrogens is 476 g/mol. The predicted octanol–water partition coefficient (Wildman–Crippen LogP) is 6.48. The first-order valence-electron chi connectivity index (χ1n) is 11.1. The molecular formula is C28H26N2O3S2. The molecule has 2 N–H and O–H groups in total. The van der Waals surface area contributed by atoms with Crippen LogP contribution < -0.4 is 10.0 Å². The van der Waals surface area contributed by atoms with Gasteiger partial charge in [0.15, 0.2) is 0 Å². The van der Waals surface area contributed by atoms with Crippen LogP contribution in [0, 0.1) is 6.92 Å². The lowest BCUT2D eigenvalue weighted by Crippen LogP contribution is -2.14. The molecule has 4 rings (SSSR count). The summed E-state index contributed by atoms with van der Waals surface area (Å²) in [5, 5.41) is 2.82. The largest absolute Gasteiger partial charge is 0.322 e. The number of rotatable bonds is 9. The third-order valence-electron chi connectivity index (χ3n) is 5.29. The summed E-state index contributed by atoms with van der Waals surface area (Å²) in [6, 6.07) is 31.1. The van der Waals surface area contributed by atoms with Crippen LogP contribution in [0.15, 0.2) is 108 Å². The highest BCUT2D eigenvalue weighted by Crippen LogP contribution is 2.21. The summed E-state index contributed by atoms with van der Waals surface area (Å²) in [4.78, 5) is 12.8. The molecule has 0 aliphatic carbocycles. The topological polar surface area (TPSA) is 75.3 Å². The van der Waals surface area contributed by atoms with Gasteiger partial charge in [-0.1, -0.05) is 54.6 Å². The fourth-order valence-corrected chi connectivity index (χ4v) is 5.46. The van der Waals surface area contributed by atoms with Gasteiger partial charge in [0, 0.05) is 28.4 Å². The Labute approximate surface area is 210 Å². The number of sulfonamides is 1. The van der Waals surface area contributed by atoms with E-state index in [1.54, 1.807) is 42.5 Å². The predicted molar refractivity (Wildman–Crippen MR) is 144 cm³/mol. The zero-order valence-corrected chi connectivity index (χ0v) is 20.9. The molecule has 0 atom stereocenters. The molecule has 0 saturated heterocycles. The van der Waals surface area contributed by atoms with E-state index in [9.17, 15) is 13.2 Å². The van der Waals surface area contributed by atoms with Crippen molar-refractivity contribution in [1.82, 2.24) is 0 Å². The lowest BCUT2D eigenvalue weighted by Gasteiger charge is -2.10. The summed E-state index contributed by atoms with van der Waals surface area (Å²) in [6.45, 7) is 1.90. The monoisotopic (exact) mass is 502 g/mol. The number of thioether (sulfide) groups is 1. The average Bonchev–Trinajstić information content (AvgIpc) is 2.85. The van der Waals surface area contributed by atoms with Crippen LogP contribution in [0.2, 0.25) is 0 Å². The Morgan fingerprint density at radius 1 is 0.743 bits per heavy atom. The highest BCUT2D eigenvalue weighted by molar-refractivity contribution is 7.97. The number of hydrogen-bond donors (Lipinski definition) is 2. The fourth-order valence-electron chi connectivity index (χ4n) is 3.46. The van der Waals surface area contributed by atoms with Gasteiger partial charge < -0.3 is 5.32 Å². The quantitative estimate of drug-likeness (QED) is 0.275. The summed E-state index contributed by atoms with van der Waals surface area (Å²) in [6.07, 6.45) is 0. The van der Waals surface area contributed by atoms with Gasteiger partial charge in [0.1, 0.15) is 0 Å². The minimum atomic E-state index is -3.72. The highest BCUT2D eigenvalue weighted by Gasteiger charge is 2.15. The van der Waals surface area contributed by atoms with E-state index >= 15 is 0 Å². The van der Waals surface area contributed by atoms with Gasteiger partial charge in [-0.05, 0) is 72.1 Å². The standard InChI is InChI=1S/C28H26N2O3S2/c1-21-6-5-9-26(18-21)30-35(32,33)27-16-14-25(15-17-27)29-28(31)24-12-10-23(11-13-24)20-34-19-22-7-3-2-4-8-22/h2-18,30H,19-20H2,1H3,(H,29,31). The van der Waals surface area contributed by atoms with Crippen LogP contribution in [0.3, 0.4) is 0 Å². The van der Waals surface area contributed by atoms with Crippen molar-refractivity contribution in [2.45, 2.75) is 23.3 Å². The molecule has 0 unspecified atom stereocenters. The molecule has 0 aliphatic heterocycles. The van der Waals surface area contributed by atoms with Crippen LogP contribution in [0.25, 0.3) is 0 Å². The Hall–Kier alpha value is -3.55. The van der Waals surface area contributed by atoms with E-state index in [4.69, 9.17) is 0 Å². The minimum absolute atomic E-state index is 0.120. The van der Waals surface area contributed by atoms with Crippen molar-refractivity contribution in [2.24, 2.45) is 0 Å². The van der Waals surface area contributed by atoms with Crippen molar-refractivity contribution < 1.29 is 13.2 Å². The lowest BCUT2D eigenvalue weighted by molar-refractivity contribution is 0.102. The van der Waals surface area contributed by atoms with E-state index in [-0.39, 0.29) is 10.8 Å². The van der Waals surface area contributed by atoms with Crippen LogP contribution in [0.4, 0.5) is 11.4 Å². The van der Waals surface area contributed by atoms with E-state index < -0.39 is 10.0 Å². The van der Waals surface area contributed by atoms with Crippen LogP contribution in [-0.4, -0.2) is 14.3 Å². The van der Waals surface area contributed by atoms with Crippen LogP contribution in [0.5, 0.6) is 0 Å². The fraction of sp³-hybridized carbons (Fsp3) is 0.107. The van der Waals surface area contributed by atoms with Gasteiger partial charge in [0.05, 0.1) is 4.90 Å². The second kappa shape index (κ2) is 11.3. The van der Waals surface area contributed by atoms with Gasteiger partial charge in [-0.15, -0.1) is 0 Å². The molecule has 5 nitrogen and oxygen atoms in total. The van der Waals surface area contributed by atoms with Gasteiger partial charge in [0.2, 0.25) is 0 Å².